The van der Waals surface area contributed by atoms with Crippen molar-refractivity contribution in [2.24, 2.45) is 10.1 Å². The Bertz CT molecular complexity index is 534. The van der Waals surface area contributed by atoms with Crippen molar-refractivity contribution in [3.8, 4) is 0 Å². The van der Waals surface area contributed by atoms with Crippen molar-refractivity contribution < 1.29 is 29.3 Å². The van der Waals surface area contributed by atoms with Crippen molar-refractivity contribution in [3.05, 3.63) is 10.4 Å². The second-order valence-electron chi connectivity index (χ2n) is 4.44. The smallest absolute Gasteiger partial charge is 0.268 e. The number of halogens is 1. The molecule has 0 unspecified atom stereocenters. The first kappa shape index (κ1) is 17.7. The SMILES string of the molecule is C[C@]1(F)[C@H](N=C(NO)NC(=O)C=N)O[C@@](CO)(N=[N+]=[N-])[C@H]1O. The van der Waals surface area contributed by atoms with Gasteiger partial charge in [0.25, 0.3) is 5.91 Å². The third kappa shape index (κ3) is 3.13. The first-order valence-corrected chi connectivity index (χ1v) is 5.78. The highest BCUT2D eigenvalue weighted by Gasteiger charge is 2.62. The molecule has 1 aliphatic rings. The van der Waals surface area contributed by atoms with E-state index < -0.39 is 42.2 Å². The number of guanidine groups is 1. The number of amides is 1. The summed E-state index contributed by atoms with van der Waals surface area (Å²) in [5, 5.41) is 39.5. The zero-order valence-corrected chi connectivity index (χ0v) is 11.3. The van der Waals surface area contributed by atoms with Gasteiger partial charge in [-0.25, -0.2) is 14.9 Å². The average molecular weight is 319 g/mol. The molecule has 0 saturated carbocycles. The summed E-state index contributed by atoms with van der Waals surface area (Å²) >= 11 is 0. The number of alkyl halides is 1. The molecule has 6 N–H and O–H groups in total. The van der Waals surface area contributed by atoms with Gasteiger partial charge in [-0.2, -0.15) is 0 Å². The van der Waals surface area contributed by atoms with Gasteiger partial charge in [0.15, 0.2) is 11.9 Å². The van der Waals surface area contributed by atoms with Crippen molar-refractivity contribution >= 4 is 18.1 Å². The zero-order chi connectivity index (χ0) is 17.0. The fourth-order valence-electron chi connectivity index (χ4n) is 1.77. The number of hydroxylamine groups is 1. The van der Waals surface area contributed by atoms with E-state index >= 15 is 0 Å². The Kier molecular flexibility index (Phi) is 5.35. The maximum atomic E-state index is 14.5. The summed E-state index contributed by atoms with van der Waals surface area (Å²) in [4.78, 5) is 16.8. The first-order valence-electron chi connectivity index (χ1n) is 5.78. The molecule has 13 heteroatoms. The van der Waals surface area contributed by atoms with Gasteiger partial charge in [0.05, 0.1) is 12.8 Å². The summed E-state index contributed by atoms with van der Waals surface area (Å²) in [5.74, 6) is -1.66. The minimum absolute atomic E-state index is 0.365. The summed E-state index contributed by atoms with van der Waals surface area (Å²) in [6.07, 6.45) is -3.53. The predicted molar refractivity (Wildman–Crippen MR) is 68.6 cm³/mol. The fraction of sp³-hybridized carbons (Fsp3) is 0.667. The van der Waals surface area contributed by atoms with E-state index in [-0.39, 0.29) is 0 Å². The van der Waals surface area contributed by atoms with Gasteiger partial charge in [0, 0.05) is 4.91 Å². The summed E-state index contributed by atoms with van der Waals surface area (Å²) in [6, 6.07) is 0. The van der Waals surface area contributed by atoms with Gasteiger partial charge < -0.3 is 20.4 Å². The van der Waals surface area contributed by atoms with E-state index in [9.17, 15) is 19.4 Å². The van der Waals surface area contributed by atoms with Crippen molar-refractivity contribution in [1.29, 1.82) is 5.41 Å². The van der Waals surface area contributed by atoms with E-state index in [1.807, 2.05) is 5.32 Å². The highest BCUT2D eigenvalue weighted by atomic mass is 19.1. The number of aliphatic imine (C=N–C) groups is 1. The first-order chi connectivity index (χ1) is 10.3. The van der Waals surface area contributed by atoms with Crippen LogP contribution in [0.4, 0.5) is 4.39 Å². The van der Waals surface area contributed by atoms with Crippen LogP contribution in [0, 0.1) is 5.41 Å². The Morgan fingerprint density at radius 2 is 2.32 bits per heavy atom. The molecule has 0 aliphatic carbocycles. The number of aliphatic hydroxyl groups is 2. The van der Waals surface area contributed by atoms with Crippen LogP contribution < -0.4 is 10.8 Å². The third-order valence-electron chi connectivity index (χ3n) is 2.93. The van der Waals surface area contributed by atoms with Gasteiger partial charge >= 0.3 is 0 Å². The number of hydrogen-bond acceptors (Lipinski definition) is 8. The lowest BCUT2D eigenvalue weighted by molar-refractivity contribution is -0.113. The number of azide groups is 1. The molecule has 0 spiro atoms. The number of carbonyl (C=O) groups excluding carboxylic acids is 1. The highest BCUT2D eigenvalue weighted by Crippen LogP contribution is 2.42. The number of carbonyl (C=O) groups is 1. The lowest BCUT2D eigenvalue weighted by atomic mass is 9.95. The molecule has 4 atom stereocenters. The van der Waals surface area contributed by atoms with Gasteiger partial charge in [0.1, 0.15) is 6.10 Å². The van der Waals surface area contributed by atoms with E-state index in [4.69, 9.17) is 20.9 Å². The van der Waals surface area contributed by atoms with Gasteiger partial charge in [-0.1, -0.05) is 5.11 Å². The number of hydrogen-bond donors (Lipinski definition) is 6. The van der Waals surface area contributed by atoms with Crippen LogP contribution in [0.5, 0.6) is 0 Å². The number of nitrogens with one attached hydrogen (secondary N) is 3. The van der Waals surface area contributed by atoms with E-state index in [0.717, 1.165) is 6.92 Å². The van der Waals surface area contributed by atoms with Crippen LogP contribution in [0.25, 0.3) is 10.4 Å². The standard InChI is InChI=1S/C9H14FN7O5/c1-8(10)5(20)9(3-18,16-17-12)22-6(8)14-7(15-21)13-4(19)2-11/h2,5-6,11,18,20-21H,3H2,1H3,(H2,13,14,15,19)/t5-,6+,8+,9+/m0/s1. The van der Waals surface area contributed by atoms with E-state index in [1.165, 1.54) is 5.48 Å². The van der Waals surface area contributed by atoms with Crippen molar-refractivity contribution in [3.63, 3.8) is 0 Å². The molecule has 0 radical (unpaired) electrons. The molecule has 1 heterocycles. The average Bonchev–Trinajstić information content (AvgIpc) is 2.68. The monoisotopic (exact) mass is 319 g/mol. The van der Waals surface area contributed by atoms with Crippen LogP contribution in [-0.4, -0.2) is 63.8 Å². The van der Waals surface area contributed by atoms with Gasteiger partial charge in [-0.3, -0.25) is 15.3 Å². The maximum Gasteiger partial charge on any atom is 0.268 e. The Hall–Kier alpha value is -2.31. The van der Waals surface area contributed by atoms with Crippen LogP contribution in [0.1, 0.15) is 6.92 Å². The molecule has 122 valence electrons. The van der Waals surface area contributed by atoms with E-state index in [0.29, 0.717) is 6.21 Å². The largest absolute Gasteiger partial charge is 0.393 e. The maximum absolute atomic E-state index is 14.5. The number of aliphatic hydroxyl groups excluding tert-OH is 2. The van der Waals surface area contributed by atoms with Crippen molar-refractivity contribution in [1.82, 2.24) is 10.8 Å². The van der Waals surface area contributed by atoms with Gasteiger partial charge in [-0.15, -0.1) is 0 Å². The molecular weight excluding hydrogens is 305 g/mol. The Morgan fingerprint density at radius 1 is 1.68 bits per heavy atom. The number of nitrogens with zero attached hydrogens (tertiary/aromatic N) is 4. The predicted octanol–water partition coefficient (Wildman–Crippen LogP) is -1.47. The normalized spacial score (nSPS) is 34.7. The summed E-state index contributed by atoms with van der Waals surface area (Å²) in [5.41, 5.74) is 4.96. The van der Waals surface area contributed by atoms with E-state index in [2.05, 4.69) is 15.0 Å². The van der Waals surface area contributed by atoms with Crippen molar-refractivity contribution in [2.75, 3.05) is 6.61 Å². The molecule has 0 aromatic carbocycles. The number of ether oxygens (including phenoxy) is 1. The Labute approximate surface area is 122 Å². The van der Waals surface area contributed by atoms with Crippen LogP contribution in [0.3, 0.4) is 0 Å². The topological polar surface area (TPSA) is 196 Å². The van der Waals surface area contributed by atoms with E-state index in [1.54, 1.807) is 0 Å². The van der Waals surface area contributed by atoms with Crippen LogP contribution in [0.15, 0.2) is 10.1 Å². The molecule has 0 bridgehead atoms. The van der Waals surface area contributed by atoms with Crippen molar-refractivity contribution in [2.45, 2.75) is 30.6 Å². The molecule has 1 aliphatic heterocycles. The fourth-order valence-corrected chi connectivity index (χ4v) is 1.77. The lowest BCUT2D eigenvalue weighted by Gasteiger charge is -2.25. The number of rotatable bonds is 4. The van der Waals surface area contributed by atoms with Gasteiger partial charge in [-0.05, 0) is 12.5 Å². The molecule has 0 aromatic heterocycles. The van der Waals surface area contributed by atoms with Crippen LogP contribution >= 0.6 is 0 Å². The van der Waals surface area contributed by atoms with Crippen LogP contribution in [-0.2, 0) is 9.53 Å². The summed E-state index contributed by atoms with van der Waals surface area (Å²) in [6.45, 7) is -0.165. The quantitative estimate of drug-likeness (QED) is 0.0912. The van der Waals surface area contributed by atoms with Gasteiger partial charge in [0.2, 0.25) is 11.7 Å². The highest BCUT2D eigenvalue weighted by molar-refractivity contribution is 6.28. The van der Waals surface area contributed by atoms with Crippen LogP contribution in [0.2, 0.25) is 0 Å². The second kappa shape index (κ2) is 6.64. The minimum Gasteiger partial charge on any atom is -0.393 e. The molecule has 1 fully saturated rings. The molecule has 1 amide bonds. The molecule has 1 rings (SSSR count). The second-order valence-corrected chi connectivity index (χ2v) is 4.44. The Morgan fingerprint density at radius 3 is 2.77 bits per heavy atom. The third-order valence-corrected chi connectivity index (χ3v) is 2.93. The molecular formula is C9H14FN7O5. The molecule has 22 heavy (non-hydrogen) atoms. The summed E-state index contributed by atoms with van der Waals surface area (Å²) in [7, 11) is 0. The lowest BCUT2D eigenvalue weighted by Crippen LogP contribution is -2.48. The minimum atomic E-state index is -2.62. The zero-order valence-electron chi connectivity index (χ0n) is 11.3. The molecule has 12 nitrogen and oxygen atoms in total. The Balaban J connectivity index is 3.16. The molecule has 0 aromatic rings. The summed E-state index contributed by atoms with van der Waals surface area (Å²) < 4.78 is 19.5. The molecule has 1 saturated heterocycles.